The topological polar surface area (TPSA) is 96.0 Å². The van der Waals surface area contributed by atoms with Gasteiger partial charge >= 0.3 is 0 Å². The van der Waals surface area contributed by atoms with E-state index in [1.165, 1.54) is 12.1 Å². The molecule has 0 fully saturated rings. The minimum atomic E-state index is -3.91. The zero-order valence-electron chi connectivity index (χ0n) is 11.1. The largest absolute Gasteiger partial charge is 0.386 e. The van der Waals surface area contributed by atoms with Crippen LogP contribution in [0.4, 0.5) is 4.39 Å². The van der Waals surface area contributed by atoms with Gasteiger partial charge in [-0.15, -0.1) is 0 Å². The second-order valence-electron chi connectivity index (χ2n) is 4.71. The Morgan fingerprint density at radius 1 is 1.42 bits per heavy atom. The van der Waals surface area contributed by atoms with Crippen LogP contribution in [0.15, 0.2) is 23.1 Å². The minimum absolute atomic E-state index is 0.139. The summed E-state index contributed by atoms with van der Waals surface area (Å²) in [7, 11) is -3.91. The van der Waals surface area contributed by atoms with Gasteiger partial charge in [0.2, 0.25) is 10.0 Å². The summed E-state index contributed by atoms with van der Waals surface area (Å²) in [6.45, 7) is 5.06. The van der Waals surface area contributed by atoms with Crippen LogP contribution in [-0.2, 0) is 10.0 Å². The second kappa shape index (κ2) is 5.66. The fourth-order valence-electron chi connectivity index (χ4n) is 1.65. The van der Waals surface area contributed by atoms with Gasteiger partial charge in [-0.3, -0.25) is 5.41 Å². The van der Waals surface area contributed by atoms with Gasteiger partial charge in [-0.25, -0.2) is 17.5 Å². The number of hydrogen-bond acceptors (Lipinski definition) is 3. The number of rotatable bonds is 5. The highest BCUT2D eigenvalue weighted by Crippen LogP contribution is 2.17. The molecule has 1 aromatic carbocycles. The summed E-state index contributed by atoms with van der Waals surface area (Å²) in [6, 6.07) is 2.73. The molecule has 4 N–H and O–H groups in total. The van der Waals surface area contributed by atoms with Crippen LogP contribution >= 0.6 is 0 Å². The lowest BCUT2D eigenvalue weighted by molar-refractivity contribution is 0.521. The number of halogens is 1. The Balaban J connectivity index is 3.17. The van der Waals surface area contributed by atoms with E-state index in [9.17, 15) is 12.8 Å². The number of nitrogens with one attached hydrogen (secondary N) is 2. The number of sulfonamides is 1. The summed E-state index contributed by atoms with van der Waals surface area (Å²) < 4.78 is 39.9. The molecule has 5 nitrogen and oxygen atoms in total. The predicted molar refractivity (Wildman–Crippen MR) is 72.0 cm³/mol. The predicted octanol–water partition coefficient (Wildman–Crippen LogP) is 1.37. The molecule has 0 saturated carbocycles. The molecule has 0 heterocycles. The Bertz CT molecular complexity index is 585. The van der Waals surface area contributed by atoms with E-state index in [4.69, 9.17) is 11.1 Å². The van der Waals surface area contributed by atoms with Crippen LogP contribution in [0.5, 0.6) is 0 Å². The SMILES string of the molecule is Cc1ccc(F)cc1S(=O)(=O)NC(C(=N)N)C(C)C. The molecule has 0 saturated heterocycles. The number of hydrogen-bond donors (Lipinski definition) is 3. The molecule has 1 rings (SSSR count). The van der Waals surface area contributed by atoms with E-state index in [1.54, 1.807) is 20.8 Å². The first kappa shape index (κ1) is 15.6. The molecule has 0 aliphatic heterocycles. The number of nitrogens with two attached hydrogens (primary N) is 1. The van der Waals surface area contributed by atoms with Gasteiger partial charge in [0, 0.05) is 0 Å². The van der Waals surface area contributed by atoms with Gasteiger partial charge in [-0.2, -0.15) is 0 Å². The Morgan fingerprint density at radius 3 is 2.47 bits per heavy atom. The third-order valence-corrected chi connectivity index (χ3v) is 4.31. The molecule has 1 unspecified atom stereocenters. The molecule has 7 heteroatoms. The molecule has 0 spiro atoms. The zero-order valence-corrected chi connectivity index (χ0v) is 11.9. The molecular weight excluding hydrogens is 269 g/mol. The van der Waals surface area contributed by atoms with Gasteiger partial charge in [-0.1, -0.05) is 19.9 Å². The maximum Gasteiger partial charge on any atom is 0.241 e. The average molecular weight is 287 g/mol. The summed E-state index contributed by atoms with van der Waals surface area (Å²) in [5.41, 5.74) is 5.80. The van der Waals surface area contributed by atoms with Crippen molar-refractivity contribution in [2.75, 3.05) is 0 Å². The van der Waals surface area contributed by atoms with Crippen LogP contribution < -0.4 is 10.5 Å². The quantitative estimate of drug-likeness (QED) is 0.563. The Hall–Kier alpha value is -1.47. The van der Waals surface area contributed by atoms with Crippen molar-refractivity contribution >= 4 is 15.9 Å². The maximum atomic E-state index is 13.2. The molecule has 19 heavy (non-hydrogen) atoms. The van der Waals surface area contributed by atoms with Crippen molar-refractivity contribution in [3.63, 3.8) is 0 Å². The smallest absolute Gasteiger partial charge is 0.241 e. The van der Waals surface area contributed by atoms with Gasteiger partial charge in [-0.05, 0) is 30.5 Å². The van der Waals surface area contributed by atoms with E-state index in [2.05, 4.69) is 4.72 Å². The maximum absolute atomic E-state index is 13.2. The van der Waals surface area contributed by atoms with E-state index >= 15 is 0 Å². The first-order valence-electron chi connectivity index (χ1n) is 5.77. The van der Waals surface area contributed by atoms with Crippen molar-refractivity contribution in [1.29, 1.82) is 5.41 Å². The monoisotopic (exact) mass is 287 g/mol. The van der Waals surface area contributed by atoms with Gasteiger partial charge in [0.1, 0.15) is 11.7 Å². The lowest BCUT2D eigenvalue weighted by atomic mass is 10.1. The van der Waals surface area contributed by atoms with E-state index in [0.29, 0.717) is 5.56 Å². The normalized spacial score (nSPS) is 13.5. The van der Waals surface area contributed by atoms with E-state index < -0.39 is 21.9 Å². The molecule has 0 bridgehead atoms. The van der Waals surface area contributed by atoms with Crippen molar-refractivity contribution in [2.45, 2.75) is 31.7 Å². The summed E-state index contributed by atoms with van der Waals surface area (Å²) in [6.07, 6.45) is 0. The third kappa shape index (κ3) is 3.74. The molecule has 106 valence electrons. The highest BCUT2D eigenvalue weighted by molar-refractivity contribution is 7.89. The second-order valence-corrected chi connectivity index (χ2v) is 6.39. The minimum Gasteiger partial charge on any atom is -0.386 e. The van der Waals surface area contributed by atoms with Crippen LogP contribution in [0, 0.1) is 24.1 Å². The molecule has 0 aliphatic rings. The standard InChI is InChI=1S/C12H18FN3O2S/c1-7(2)11(12(14)15)16-19(17,18)10-6-9(13)5-4-8(10)3/h4-7,11,16H,1-3H3,(H3,14,15). The van der Waals surface area contributed by atoms with Crippen LogP contribution in [0.3, 0.4) is 0 Å². The van der Waals surface area contributed by atoms with E-state index in [1.807, 2.05) is 0 Å². The Kier molecular flexibility index (Phi) is 4.65. The highest BCUT2D eigenvalue weighted by Gasteiger charge is 2.26. The van der Waals surface area contributed by atoms with Crippen LogP contribution in [0.25, 0.3) is 0 Å². The summed E-state index contributed by atoms with van der Waals surface area (Å²) >= 11 is 0. The number of amidine groups is 1. The van der Waals surface area contributed by atoms with Gasteiger partial charge in [0.05, 0.1) is 10.9 Å². The summed E-state index contributed by atoms with van der Waals surface area (Å²) in [5, 5.41) is 7.40. The van der Waals surface area contributed by atoms with Crippen molar-refractivity contribution < 1.29 is 12.8 Å². The fraction of sp³-hybridized carbons (Fsp3) is 0.417. The molecule has 0 amide bonds. The first-order valence-corrected chi connectivity index (χ1v) is 7.26. The average Bonchev–Trinajstić information content (AvgIpc) is 2.28. The molecule has 0 radical (unpaired) electrons. The molecule has 0 aromatic heterocycles. The lowest BCUT2D eigenvalue weighted by Gasteiger charge is -2.21. The summed E-state index contributed by atoms with van der Waals surface area (Å²) in [5.74, 6) is -1.08. The van der Waals surface area contributed by atoms with Crippen molar-refractivity contribution in [3.8, 4) is 0 Å². The zero-order chi connectivity index (χ0) is 14.8. The molecule has 0 aliphatic carbocycles. The highest BCUT2D eigenvalue weighted by atomic mass is 32.2. The third-order valence-electron chi connectivity index (χ3n) is 2.72. The van der Waals surface area contributed by atoms with Gasteiger partial charge in [0.15, 0.2) is 0 Å². The summed E-state index contributed by atoms with van der Waals surface area (Å²) in [4.78, 5) is -0.139. The van der Waals surface area contributed by atoms with E-state index in [0.717, 1.165) is 6.07 Å². The molecule has 1 aromatic rings. The van der Waals surface area contributed by atoms with Crippen molar-refractivity contribution in [2.24, 2.45) is 11.7 Å². The van der Waals surface area contributed by atoms with Crippen LogP contribution in [0.2, 0.25) is 0 Å². The molecule has 1 atom stereocenters. The lowest BCUT2D eigenvalue weighted by Crippen LogP contribution is -2.47. The van der Waals surface area contributed by atoms with Crippen LogP contribution in [0.1, 0.15) is 19.4 Å². The van der Waals surface area contributed by atoms with Gasteiger partial charge in [0.25, 0.3) is 0 Å². The fourth-order valence-corrected chi connectivity index (χ4v) is 3.27. The van der Waals surface area contributed by atoms with Crippen molar-refractivity contribution in [1.82, 2.24) is 4.72 Å². The number of aryl methyl sites for hydroxylation is 1. The van der Waals surface area contributed by atoms with Crippen molar-refractivity contribution in [3.05, 3.63) is 29.6 Å². The van der Waals surface area contributed by atoms with E-state index in [-0.39, 0.29) is 16.6 Å². The van der Waals surface area contributed by atoms with Crippen LogP contribution in [-0.4, -0.2) is 20.3 Å². The number of benzene rings is 1. The Labute approximate surface area is 112 Å². The first-order chi connectivity index (χ1) is 8.65. The Morgan fingerprint density at radius 2 is 2.00 bits per heavy atom. The molecular formula is C12H18FN3O2S. The van der Waals surface area contributed by atoms with Gasteiger partial charge < -0.3 is 5.73 Å².